The molecule has 160 valence electrons. The molecular weight excluding hydrogens is 360 g/mol. The summed E-state index contributed by atoms with van der Waals surface area (Å²) in [7, 11) is 0. The molecule has 0 aliphatic heterocycles. The van der Waals surface area contributed by atoms with Crippen molar-refractivity contribution in [2.45, 2.75) is 54.4 Å². The Morgan fingerprint density at radius 2 is 0.600 bits per heavy atom. The van der Waals surface area contributed by atoms with Gasteiger partial charge in [0.1, 0.15) is 0 Å². The van der Waals surface area contributed by atoms with Crippen molar-refractivity contribution in [3.05, 3.63) is 120 Å². The molecular formula is C30H40. The highest BCUT2D eigenvalue weighted by Gasteiger charge is 1.85. The van der Waals surface area contributed by atoms with E-state index in [-0.39, 0.29) is 0 Å². The van der Waals surface area contributed by atoms with Gasteiger partial charge in [0.15, 0.2) is 0 Å². The summed E-state index contributed by atoms with van der Waals surface area (Å²) in [6, 6.07) is 37.6. The van der Waals surface area contributed by atoms with Crippen LogP contribution in [0.4, 0.5) is 0 Å². The van der Waals surface area contributed by atoms with Crippen LogP contribution in [-0.2, 0) is 12.8 Å². The zero-order chi connectivity index (χ0) is 22.5. The summed E-state index contributed by atoms with van der Waals surface area (Å²) >= 11 is 0. The summed E-state index contributed by atoms with van der Waals surface area (Å²) < 4.78 is 0. The van der Waals surface area contributed by atoms with E-state index in [1.807, 2.05) is 39.8 Å². The lowest BCUT2D eigenvalue weighted by atomic mass is 10.1. The highest BCUT2D eigenvalue weighted by Crippen LogP contribution is 2.11. The van der Waals surface area contributed by atoms with Crippen LogP contribution in [0.3, 0.4) is 0 Å². The molecule has 0 aliphatic rings. The molecule has 4 rings (SSSR count). The molecule has 0 aromatic heterocycles. The monoisotopic (exact) mass is 400 g/mol. The molecule has 0 saturated carbocycles. The lowest BCUT2D eigenvalue weighted by Crippen LogP contribution is -1.73. The van der Waals surface area contributed by atoms with E-state index in [0.29, 0.717) is 0 Å². The Morgan fingerprint density at radius 3 is 0.800 bits per heavy atom. The van der Waals surface area contributed by atoms with Gasteiger partial charge in [0.05, 0.1) is 0 Å². The molecule has 0 N–H and O–H groups in total. The van der Waals surface area contributed by atoms with Crippen LogP contribution in [0.2, 0.25) is 0 Å². The minimum atomic E-state index is 1.14. The SMILES string of the molecule is CC.CC.CCc1ccccc1.CCc1ccccc1.c1ccc2ccccc2c1. The largest absolute Gasteiger partial charge is 0.0683 e. The fourth-order valence-corrected chi connectivity index (χ4v) is 2.56. The van der Waals surface area contributed by atoms with Crippen LogP contribution >= 0.6 is 0 Å². The van der Waals surface area contributed by atoms with E-state index in [4.69, 9.17) is 0 Å². The van der Waals surface area contributed by atoms with E-state index in [9.17, 15) is 0 Å². The molecule has 0 aliphatic carbocycles. The third kappa shape index (κ3) is 11.9. The summed E-state index contributed by atoms with van der Waals surface area (Å²) in [6.07, 6.45) is 2.28. The Balaban J connectivity index is 0.000000391. The highest BCUT2D eigenvalue weighted by molar-refractivity contribution is 5.82. The highest BCUT2D eigenvalue weighted by atomic mass is 13.9. The van der Waals surface area contributed by atoms with E-state index < -0.39 is 0 Å². The maximum absolute atomic E-state index is 2.16. The molecule has 0 bridgehead atoms. The number of benzene rings is 4. The van der Waals surface area contributed by atoms with Crippen molar-refractivity contribution in [2.24, 2.45) is 0 Å². The van der Waals surface area contributed by atoms with Crippen molar-refractivity contribution in [1.29, 1.82) is 0 Å². The van der Waals surface area contributed by atoms with Gasteiger partial charge in [-0.1, -0.05) is 151 Å². The van der Waals surface area contributed by atoms with Crippen molar-refractivity contribution < 1.29 is 0 Å². The van der Waals surface area contributed by atoms with E-state index >= 15 is 0 Å². The van der Waals surface area contributed by atoms with Crippen LogP contribution in [0.15, 0.2) is 109 Å². The Bertz CT molecular complexity index is 743. The summed E-state index contributed by atoms with van der Waals surface area (Å²) in [5, 5.41) is 2.62. The fraction of sp³-hybridized carbons (Fsp3) is 0.267. The standard InChI is InChI=1S/C10H8.2C8H10.2C2H6/c1-2-6-10-8-4-3-7-9(10)5-1;2*1-2-8-6-4-3-5-7-8;2*1-2/h1-8H;2*3-7H,2H2,1H3;2*1-2H3. The smallest absolute Gasteiger partial charge is 0.0184 e. The van der Waals surface area contributed by atoms with E-state index in [1.165, 1.54) is 21.9 Å². The van der Waals surface area contributed by atoms with Crippen molar-refractivity contribution in [1.82, 2.24) is 0 Å². The van der Waals surface area contributed by atoms with Crippen molar-refractivity contribution >= 4 is 10.8 Å². The maximum atomic E-state index is 2.16. The average molecular weight is 401 g/mol. The lowest BCUT2D eigenvalue weighted by molar-refractivity contribution is 1.14. The average Bonchev–Trinajstić information content (AvgIpc) is 2.88. The van der Waals surface area contributed by atoms with E-state index in [0.717, 1.165) is 12.8 Å². The van der Waals surface area contributed by atoms with Crippen LogP contribution < -0.4 is 0 Å². The van der Waals surface area contributed by atoms with Crippen molar-refractivity contribution in [3.63, 3.8) is 0 Å². The van der Waals surface area contributed by atoms with Crippen LogP contribution in [-0.4, -0.2) is 0 Å². The molecule has 0 radical (unpaired) electrons. The molecule has 0 saturated heterocycles. The second-order valence-electron chi connectivity index (χ2n) is 6.03. The fourth-order valence-electron chi connectivity index (χ4n) is 2.56. The molecule has 4 aromatic carbocycles. The van der Waals surface area contributed by atoms with Gasteiger partial charge in [-0.2, -0.15) is 0 Å². The molecule has 0 heteroatoms. The summed E-state index contributed by atoms with van der Waals surface area (Å²) in [5.41, 5.74) is 2.82. The van der Waals surface area contributed by atoms with Gasteiger partial charge in [-0.3, -0.25) is 0 Å². The third-order valence-electron chi connectivity index (χ3n) is 4.16. The number of hydrogen-bond donors (Lipinski definition) is 0. The third-order valence-corrected chi connectivity index (χ3v) is 4.16. The van der Waals surface area contributed by atoms with Gasteiger partial charge in [0.2, 0.25) is 0 Å². The Morgan fingerprint density at radius 1 is 0.367 bits per heavy atom. The molecule has 4 aromatic rings. The molecule has 0 amide bonds. The van der Waals surface area contributed by atoms with Crippen molar-refractivity contribution in [3.8, 4) is 0 Å². The Labute approximate surface area is 185 Å². The predicted octanol–water partition coefficient (Wildman–Crippen LogP) is 9.39. The van der Waals surface area contributed by atoms with Crippen LogP contribution in [0.5, 0.6) is 0 Å². The number of aryl methyl sites for hydroxylation is 2. The first-order chi connectivity index (χ1) is 14.8. The topological polar surface area (TPSA) is 0 Å². The lowest BCUT2D eigenvalue weighted by Gasteiger charge is -1.92. The number of fused-ring (bicyclic) bond motifs is 1. The van der Waals surface area contributed by atoms with Gasteiger partial charge < -0.3 is 0 Å². The quantitative estimate of drug-likeness (QED) is 0.314. The van der Waals surface area contributed by atoms with Gasteiger partial charge in [0, 0.05) is 0 Å². The zero-order valence-corrected chi connectivity index (χ0v) is 19.8. The van der Waals surface area contributed by atoms with E-state index in [2.05, 4.69) is 111 Å². The summed E-state index contributed by atoms with van der Waals surface area (Å²) in [6.45, 7) is 12.3. The minimum Gasteiger partial charge on any atom is -0.0683 e. The molecule has 0 atom stereocenters. The van der Waals surface area contributed by atoms with Gasteiger partial charge in [-0.15, -0.1) is 0 Å². The van der Waals surface area contributed by atoms with Gasteiger partial charge >= 0.3 is 0 Å². The van der Waals surface area contributed by atoms with Crippen LogP contribution in [0, 0.1) is 0 Å². The summed E-state index contributed by atoms with van der Waals surface area (Å²) in [5.74, 6) is 0. The summed E-state index contributed by atoms with van der Waals surface area (Å²) in [4.78, 5) is 0. The first-order valence-corrected chi connectivity index (χ1v) is 11.3. The Hall–Kier alpha value is -2.86. The van der Waals surface area contributed by atoms with Crippen LogP contribution in [0.25, 0.3) is 10.8 Å². The second kappa shape index (κ2) is 19.5. The second-order valence-corrected chi connectivity index (χ2v) is 6.03. The van der Waals surface area contributed by atoms with Crippen LogP contribution in [0.1, 0.15) is 52.7 Å². The molecule has 0 nitrogen and oxygen atoms in total. The Kier molecular flexibility index (Phi) is 17.6. The normalized spacial score (nSPS) is 8.60. The van der Waals surface area contributed by atoms with Crippen molar-refractivity contribution in [2.75, 3.05) is 0 Å². The maximum Gasteiger partial charge on any atom is -0.0184 e. The molecule has 0 heterocycles. The predicted molar refractivity (Wildman–Crippen MR) is 138 cm³/mol. The zero-order valence-electron chi connectivity index (χ0n) is 19.8. The number of hydrogen-bond acceptors (Lipinski definition) is 0. The van der Waals surface area contributed by atoms with E-state index in [1.54, 1.807) is 0 Å². The molecule has 0 unspecified atom stereocenters. The number of rotatable bonds is 2. The minimum absolute atomic E-state index is 1.14. The molecule has 0 fully saturated rings. The van der Waals surface area contributed by atoms with Gasteiger partial charge in [-0.05, 0) is 34.7 Å². The first kappa shape index (κ1) is 27.1. The van der Waals surface area contributed by atoms with Gasteiger partial charge in [-0.25, -0.2) is 0 Å². The first-order valence-electron chi connectivity index (χ1n) is 11.3. The molecule has 30 heavy (non-hydrogen) atoms. The van der Waals surface area contributed by atoms with Gasteiger partial charge in [0.25, 0.3) is 0 Å². The molecule has 0 spiro atoms.